The molecule has 0 spiro atoms. The van der Waals surface area contributed by atoms with Crippen molar-refractivity contribution in [2.75, 3.05) is 34.2 Å². The first-order valence-corrected chi connectivity index (χ1v) is 11.1. The molecule has 30 heavy (non-hydrogen) atoms. The van der Waals surface area contributed by atoms with E-state index < -0.39 is 5.43 Å². The number of pyridine rings is 1. The third kappa shape index (κ3) is 6.97. The van der Waals surface area contributed by atoms with Crippen molar-refractivity contribution in [3.63, 3.8) is 0 Å². The first-order chi connectivity index (χ1) is 14.2. The second-order valence-electron chi connectivity index (χ2n) is 9.17. The van der Waals surface area contributed by atoms with Crippen LogP contribution in [0.1, 0.15) is 73.1 Å². The van der Waals surface area contributed by atoms with Gasteiger partial charge in [0.25, 0.3) is 11.8 Å². The lowest BCUT2D eigenvalue weighted by molar-refractivity contribution is 0.0788. The zero-order chi connectivity index (χ0) is 22.3. The molecule has 1 fully saturated rings. The van der Waals surface area contributed by atoms with E-state index in [-0.39, 0.29) is 29.0 Å². The molecule has 0 aromatic carbocycles. The van der Waals surface area contributed by atoms with Gasteiger partial charge >= 0.3 is 0 Å². The third-order valence-electron chi connectivity index (χ3n) is 5.65. The maximum Gasteiger partial charge on any atom is 0.259 e. The van der Waals surface area contributed by atoms with Gasteiger partial charge in [0, 0.05) is 38.6 Å². The maximum atomic E-state index is 13.1. The van der Waals surface area contributed by atoms with E-state index in [0.29, 0.717) is 19.0 Å². The lowest BCUT2D eigenvalue weighted by atomic mass is 10.1. The second kappa shape index (κ2) is 11.3. The van der Waals surface area contributed by atoms with Crippen molar-refractivity contribution in [1.29, 1.82) is 0 Å². The molecule has 0 atom stereocenters. The molecule has 0 radical (unpaired) electrons. The molecule has 2 amide bonds. The maximum absolute atomic E-state index is 13.1. The molecular weight excluding hydrogens is 380 g/mol. The fourth-order valence-corrected chi connectivity index (χ4v) is 3.75. The number of carbonyl (C=O) groups excluding carboxylic acids is 2. The van der Waals surface area contributed by atoms with E-state index in [1.165, 1.54) is 0 Å². The summed E-state index contributed by atoms with van der Waals surface area (Å²) >= 11 is 0. The van der Waals surface area contributed by atoms with Crippen LogP contribution in [0.25, 0.3) is 0 Å². The summed E-state index contributed by atoms with van der Waals surface area (Å²) in [5.41, 5.74) is -0.334. The van der Waals surface area contributed by atoms with Gasteiger partial charge in [0.2, 0.25) is 5.43 Å². The van der Waals surface area contributed by atoms with E-state index in [9.17, 15) is 14.4 Å². The zero-order valence-electron chi connectivity index (χ0n) is 19.2. The topological polar surface area (TPSA) is 74.6 Å². The van der Waals surface area contributed by atoms with Crippen LogP contribution in [0.2, 0.25) is 0 Å². The van der Waals surface area contributed by atoms with Crippen molar-refractivity contribution < 1.29 is 9.59 Å². The number of nitrogens with zero attached hydrogens (tertiary/aromatic N) is 3. The van der Waals surface area contributed by atoms with Crippen LogP contribution in [0.4, 0.5) is 0 Å². The Morgan fingerprint density at radius 2 is 1.73 bits per heavy atom. The number of hydrogen-bond acceptors (Lipinski definition) is 4. The third-order valence-corrected chi connectivity index (χ3v) is 5.65. The summed E-state index contributed by atoms with van der Waals surface area (Å²) in [6, 6.07) is 0.120. The number of nitrogens with one attached hydrogen (secondary N) is 1. The van der Waals surface area contributed by atoms with Crippen molar-refractivity contribution in [3.8, 4) is 0 Å². The van der Waals surface area contributed by atoms with Crippen LogP contribution < -0.4 is 10.7 Å². The van der Waals surface area contributed by atoms with Gasteiger partial charge in [-0.1, -0.05) is 26.7 Å². The quantitative estimate of drug-likeness (QED) is 0.634. The van der Waals surface area contributed by atoms with E-state index in [1.807, 2.05) is 18.7 Å². The summed E-state index contributed by atoms with van der Waals surface area (Å²) in [4.78, 5) is 42.6. The fourth-order valence-electron chi connectivity index (χ4n) is 3.75. The van der Waals surface area contributed by atoms with Gasteiger partial charge in [0.15, 0.2) is 0 Å². The average molecular weight is 419 g/mol. The molecule has 0 bridgehead atoms. The number of carbonyl (C=O) groups is 2. The average Bonchev–Trinajstić information content (AvgIpc) is 3.19. The van der Waals surface area contributed by atoms with Crippen LogP contribution in [0.5, 0.6) is 0 Å². The van der Waals surface area contributed by atoms with Crippen LogP contribution in [0, 0.1) is 5.92 Å². The molecule has 1 saturated carbocycles. The molecule has 168 valence electrons. The number of aromatic nitrogens is 1. The Morgan fingerprint density at radius 1 is 1.10 bits per heavy atom. The van der Waals surface area contributed by atoms with Gasteiger partial charge in [-0.2, -0.15) is 0 Å². The van der Waals surface area contributed by atoms with E-state index in [4.69, 9.17) is 0 Å². The number of hydrogen-bond donors (Lipinski definition) is 1. The monoisotopic (exact) mass is 418 g/mol. The molecule has 2 rings (SSSR count). The van der Waals surface area contributed by atoms with Gasteiger partial charge in [-0.25, -0.2) is 0 Å². The van der Waals surface area contributed by atoms with Gasteiger partial charge in [-0.3, -0.25) is 14.4 Å². The largest absolute Gasteiger partial charge is 0.352 e. The number of amides is 2. The van der Waals surface area contributed by atoms with Crippen LogP contribution in [-0.4, -0.2) is 66.5 Å². The predicted molar refractivity (Wildman–Crippen MR) is 120 cm³/mol. The molecule has 0 unspecified atom stereocenters. The highest BCUT2D eigenvalue weighted by Crippen LogP contribution is 2.18. The minimum Gasteiger partial charge on any atom is -0.352 e. The smallest absolute Gasteiger partial charge is 0.259 e. The van der Waals surface area contributed by atoms with Crippen LogP contribution in [0.15, 0.2) is 17.2 Å². The summed E-state index contributed by atoms with van der Waals surface area (Å²) in [5, 5.41) is 2.99. The normalized spacial score (nSPS) is 14.5. The Hall–Kier alpha value is -2.15. The predicted octanol–water partition coefficient (Wildman–Crippen LogP) is 2.59. The zero-order valence-corrected chi connectivity index (χ0v) is 19.2. The molecule has 0 saturated heterocycles. The van der Waals surface area contributed by atoms with Crippen molar-refractivity contribution in [2.24, 2.45) is 5.92 Å². The highest BCUT2D eigenvalue weighted by atomic mass is 16.2. The van der Waals surface area contributed by atoms with E-state index >= 15 is 0 Å². The van der Waals surface area contributed by atoms with Gasteiger partial charge in [-0.05, 0) is 52.2 Å². The lowest BCUT2D eigenvalue weighted by Crippen LogP contribution is -2.39. The summed E-state index contributed by atoms with van der Waals surface area (Å²) in [6.07, 6.45) is 9.03. The molecule has 1 aromatic heterocycles. The molecule has 7 nitrogen and oxygen atoms in total. The Bertz CT molecular complexity index is 779. The van der Waals surface area contributed by atoms with Crippen LogP contribution in [-0.2, 0) is 6.54 Å². The summed E-state index contributed by atoms with van der Waals surface area (Å²) in [7, 11) is 5.68. The summed E-state index contributed by atoms with van der Waals surface area (Å²) in [5.74, 6) is -0.212. The summed E-state index contributed by atoms with van der Waals surface area (Å²) in [6.45, 7) is 6.33. The van der Waals surface area contributed by atoms with Gasteiger partial charge < -0.3 is 19.7 Å². The number of rotatable bonds is 10. The van der Waals surface area contributed by atoms with Gasteiger partial charge in [0.05, 0.1) is 0 Å². The Labute approximate surface area is 180 Å². The Kier molecular flexibility index (Phi) is 9.08. The SMILES string of the molecule is CC(C)CCn1cc(C(=O)NC2CCCC2)c(=O)c(C(=O)N(C)CCCN(C)C)c1. The molecule has 7 heteroatoms. The van der Waals surface area contributed by atoms with Gasteiger partial charge in [0.1, 0.15) is 11.1 Å². The molecule has 1 aromatic rings. The van der Waals surface area contributed by atoms with E-state index in [0.717, 1.165) is 45.1 Å². The minimum atomic E-state index is -0.476. The minimum absolute atomic E-state index is 0.0678. The van der Waals surface area contributed by atoms with Gasteiger partial charge in [-0.15, -0.1) is 0 Å². The molecular formula is C23H38N4O3. The standard InChI is InChI=1S/C23H38N4O3/c1-17(2)11-14-27-15-19(22(29)24-18-9-6-7-10-18)21(28)20(16-27)23(30)26(5)13-8-12-25(3)4/h15-18H,6-14H2,1-5H3,(H,24,29). The van der Waals surface area contributed by atoms with Crippen LogP contribution in [0.3, 0.4) is 0 Å². The lowest BCUT2D eigenvalue weighted by Gasteiger charge is -2.20. The highest BCUT2D eigenvalue weighted by molar-refractivity contribution is 5.99. The van der Waals surface area contributed by atoms with E-state index in [1.54, 1.807) is 24.3 Å². The first kappa shape index (κ1) is 24.1. The first-order valence-electron chi connectivity index (χ1n) is 11.1. The number of aryl methyl sites for hydroxylation is 1. The van der Waals surface area contributed by atoms with Crippen molar-refractivity contribution in [1.82, 2.24) is 19.7 Å². The molecule has 1 aliphatic rings. The van der Waals surface area contributed by atoms with Crippen molar-refractivity contribution in [3.05, 3.63) is 33.7 Å². The fraction of sp³-hybridized carbons (Fsp3) is 0.696. The second-order valence-corrected chi connectivity index (χ2v) is 9.17. The van der Waals surface area contributed by atoms with Crippen molar-refractivity contribution >= 4 is 11.8 Å². The van der Waals surface area contributed by atoms with E-state index in [2.05, 4.69) is 24.1 Å². The Balaban J connectivity index is 2.27. The summed E-state index contributed by atoms with van der Waals surface area (Å²) < 4.78 is 1.83. The molecule has 0 aliphatic heterocycles. The van der Waals surface area contributed by atoms with Crippen molar-refractivity contribution in [2.45, 2.75) is 65.0 Å². The molecule has 1 heterocycles. The Morgan fingerprint density at radius 3 is 2.33 bits per heavy atom. The molecule has 1 aliphatic carbocycles. The molecule has 1 N–H and O–H groups in total. The highest BCUT2D eigenvalue weighted by Gasteiger charge is 2.24. The van der Waals surface area contributed by atoms with Crippen LogP contribution >= 0.6 is 0 Å².